The number of carbonyl (C=O) groups is 2. The largest absolute Gasteiger partial charge is 0.444 e. The van der Waals surface area contributed by atoms with Gasteiger partial charge in [-0.05, 0) is 76.6 Å². The zero-order chi connectivity index (χ0) is 27.4. The number of anilines is 1. The number of hydrogen-bond donors (Lipinski definition) is 0. The quantitative estimate of drug-likeness (QED) is 0.467. The first-order chi connectivity index (χ1) is 18.0. The van der Waals surface area contributed by atoms with Crippen LogP contribution in [-0.2, 0) is 11.3 Å². The van der Waals surface area contributed by atoms with Gasteiger partial charge in [-0.25, -0.2) is 4.79 Å². The van der Waals surface area contributed by atoms with Crippen molar-refractivity contribution in [2.75, 3.05) is 31.6 Å². The van der Waals surface area contributed by atoms with Crippen LogP contribution in [0.4, 0.5) is 10.5 Å². The highest BCUT2D eigenvalue weighted by molar-refractivity contribution is 6.05. The standard InChI is InChI=1S/C30H37N5O3/c1-21-17-24(13-14-31-21)27-12-9-25(18-32-27)28(36)33(6)26-10-7-23(8-11-26)20-34-15-16-35(22(2)19-34)29(37)38-30(3,4)5/h7-14,17-18,22H,15-16,19-20H2,1-6H3/t22-/m0/s1. The van der Waals surface area contributed by atoms with Gasteiger partial charge in [0, 0.05) is 68.6 Å². The normalized spacial score (nSPS) is 16.3. The Bertz CT molecular complexity index is 1270. The summed E-state index contributed by atoms with van der Waals surface area (Å²) in [6, 6.07) is 15.7. The third-order valence-corrected chi connectivity index (χ3v) is 6.58. The van der Waals surface area contributed by atoms with Crippen LogP contribution in [0.25, 0.3) is 11.3 Å². The van der Waals surface area contributed by atoms with E-state index in [9.17, 15) is 9.59 Å². The fraction of sp³-hybridized carbons (Fsp3) is 0.400. The molecule has 3 heterocycles. The summed E-state index contributed by atoms with van der Waals surface area (Å²) in [4.78, 5) is 40.1. The minimum atomic E-state index is -0.497. The lowest BCUT2D eigenvalue weighted by atomic mass is 10.1. The Morgan fingerprint density at radius 3 is 2.39 bits per heavy atom. The van der Waals surface area contributed by atoms with E-state index in [4.69, 9.17) is 4.74 Å². The van der Waals surface area contributed by atoms with E-state index in [0.29, 0.717) is 12.1 Å². The molecule has 38 heavy (non-hydrogen) atoms. The maximum absolute atomic E-state index is 13.1. The smallest absolute Gasteiger partial charge is 0.410 e. The molecule has 1 aliphatic heterocycles. The molecule has 2 amide bonds. The number of rotatable bonds is 5. The van der Waals surface area contributed by atoms with Gasteiger partial charge in [-0.3, -0.25) is 19.7 Å². The average Bonchev–Trinajstić information content (AvgIpc) is 2.87. The summed E-state index contributed by atoms with van der Waals surface area (Å²) in [6.45, 7) is 12.6. The Kier molecular flexibility index (Phi) is 8.11. The summed E-state index contributed by atoms with van der Waals surface area (Å²) in [5.74, 6) is -0.116. The number of pyridine rings is 2. The molecule has 2 aromatic heterocycles. The van der Waals surface area contributed by atoms with E-state index in [0.717, 1.165) is 47.8 Å². The summed E-state index contributed by atoms with van der Waals surface area (Å²) in [7, 11) is 1.77. The molecular weight excluding hydrogens is 478 g/mol. The molecule has 4 rings (SSSR count). The van der Waals surface area contributed by atoms with E-state index in [2.05, 4.69) is 33.9 Å². The van der Waals surface area contributed by atoms with Crippen LogP contribution >= 0.6 is 0 Å². The number of nitrogens with zero attached hydrogens (tertiary/aromatic N) is 5. The number of piperazine rings is 1. The highest BCUT2D eigenvalue weighted by atomic mass is 16.6. The number of carbonyl (C=O) groups excluding carboxylic acids is 2. The zero-order valence-corrected chi connectivity index (χ0v) is 23.1. The van der Waals surface area contributed by atoms with Crippen LogP contribution in [0.3, 0.4) is 0 Å². The third kappa shape index (κ3) is 6.75. The number of hydrogen-bond acceptors (Lipinski definition) is 6. The summed E-state index contributed by atoms with van der Waals surface area (Å²) < 4.78 is 5.55. The van der Waals surface area contributed by atoms with Gasteiger partial charge in [-0.15, -0.1) is 0 Å². The number of ether oxygens (including phenoxy) is 1. The van der Waals surface area contributed by atoms with E-state index < -0.39 is 5.60 Å². The fourth-order valence-electron chi connectivity index (χ4n) is 4.56. The molecule has 8 nitrogen and oxygen atoms in total. The molecule has 1 fully saturated rings. The summed E-state index contributed by atoms with van der Waals surface area (Å²) in [6.07, 6.45) is 3.13. The molecule has 0 unspecified atom stereocenters. The van der Waals surface area contributed by atoms with Crippen molar-refractivity contribution in [3.05, 3.63) is 77.7 Å². The van der Waals surface area contributed by atoms with E-state index >= 15 is 0 Å². The number of amides is 2. The predicted octanol–water partition coefficient (Wildman–Crippen LogP) is 5.17. The molecule has 8 heteroatoms. The van der Waals surface area contributed by atoms with Crippen molar-refractivity contribution >= 4 is 17.7 Å². The number of aryl methyl sites for hydroxylation is 1. The highest BCUT2D eigenvalue weighted by Gasteiger charge is 2.30. The molecule has 1 atom stereocenters. The second-order valence-corrected chi connectivity index (χ2v) is 10.9. The Labute approximate surface area is 225 Å². The molecule has 200 valence electrons. The van der Waals surface area contributed by atoms with Crippen molar-refractivity contribution in [2.45, 2.75) is 52.8 Å². The number of benzene rings is 1. The Morgan fingerprint density at radius 2 is 1.79 bits per heavy atom. The third-order valence-electron chi connectivity index (χ3n) is 6.58. The minimum Gasteiger partial charge on any atom is -0.444 e. The molecule has 1 aliphatic rings. The van der Waals surface area contributed by atoms with Crippen LogP contribution in [0, 0.1) is 6.92 Å². The lowest BCUT2D eigenvalue weighted by Gasteiger charge is -2.40. The Morgan fingerprint density at radius 1 is 1.05 bits per heavy atom. The summed E-state index contributed by atoms with van der Waals surface area (Å²) in [5.41, 5.74) is 4.71. The van der Waals surface area contributed by atoms with Crippen LogP contribution in [0.2, 0.25) is 0 Å². The van der Waals surface area contributed by atoms with Crippen LogP contribution in [0.5, 0.6) is 0 Å². The van der Waals surface area contributed by atoms with E-state index in [1.54, 1.807) is 24.3 Å². The van der Waals surface area contributed by atoms with Crippen molar-refractivity contribution < 1.29 is 14.3 Å². The van der Waals surface area contributed by atoms with Crippen molar-refractivity contribution in [1.82, 2.24) is 19.8 Å². The van der Waals surface area contributed by atoms with Gasteiger partial charge >= 0.3 is 6.09 Å². The molecule has 1 saturated heterocycles. The molecule has 1 aromatic carbocycles. The molecule has 3 aromatic rings. The molecule has 0 radical (unpaired) electrons. The number of aromatic nitrogens is 2. The van der Waals surface area contributed by atoms with Crippen molar-refractivity contribution in [1.29, 1.82) is 0 Å². The highest BCUT2D eigenvalue weighted by Crippen LogP contribution is 2.22. The minimum absolute atomic E-state index is 0.0733. The van der Waals surface area contributed by atoms with E-state index in [-0.39, 0.29) is 18.0 Å². The van der Waals surface area contributed by atoms with Crippen LogP contribution < -0.4 is 4.90 Å². The van der Waals surface area contributed by atoms with Gasteiger partial charge in [-0.2, -0.15) is 0 Å². The first-order valence-corrected chi connectivity index (χ1v) is 13.0. The van der Waals surface area contributed by atoms with E-state index in [1.165, 1.54) is 0 Å². The molecule has 0 N–H and O–H groups in total. The maximum Gasteiger partial charge on any atom is 0.410 e. The molecule has 0 saturated carbocycles. The maximum atomic E-state index is 13.1. The average molecular weight is 516 g/mol. The second-order valence-electron chi connectivity index (χ2n) is 10.9. The van der Waals surface area contributed by atoms with Gasteiger partial charge in [0.15, 0.2) is 0 Å². The lowest BCUT2D eigenvalue weighted by Crippen LogP contribution is -2.54. The summed E-state index contributed by atoms with van der Waals surface area (Å²) >= 11 is 0. The fourth-order valence-corrected chi connectivity index (χ4v) is 4.56. The molecule has 0 aliphatic carbocycles. The zero-order valence-electron chi connectivity index (χ0n) is 23.1. The van der Waals surface area contributed by atoms with Gasteiger partial charge in [-0.1, -0.05) is 12.1 Å². The first kappa shape index (κ1) is 27.3. The summed E-state index contributed by atoms with van der Waals surface area (Å²) in [5, 5.41) is 0. The van der Waals surface area contributed by atoms with Gasteiger partial charge in [0.2, 0.25) is 0 Å². The van der Waals surface area contributed by atoms with Gasteiger partial charge in [0.1, 0.15) is 5.60 Å². The molecular formula is C30H37N5O3. The Hall–Kier alpha value is -3.78. The Balaban J connectivity index is 1.33. The lowest BCUT2D eigenvalue weighted by molar-refractivity contribution is 0.000551. The van der Waals surface area contributed by atoms with E-state index in [1.807, 2.05) is 69.0 Å². The molecule has 0 spiro atoms. The van der Waals surface area contributed by atoms with Gasteiger partial charge < -0.3 is 14.5 Å². The van der Waals surface area contributed by atoms with Crippen molar-refractivity contribution in [3.63, 3.8) is 0 Å². The first-order valence-electron chi connectivity index (χ1n) is 13.0. The van der Waals surface area contributed by atoms with Crippen molar-refractivity contribution in [3.8, 4) is 11.3 Å². The monoisotopic (exact) mass is 515 g/mol. The van der Waals surface area contributed by atoms with Gasteiger partial charge in [0.25, 0.3) is 5.91 Å². The van der Waals surface area contributed by atoms with Crippen LogP contribution in [0.1, 0.15) is 49.3 Å². The van der Waals surface area contributed by atoms with Crippen molar-refractivity contribution in [2.24, 2.45) is 0 Å². The molecule has 0 bridgehead atoms. The topological polar surface area (TPSA) is 78.9 Å². The van der Waals surface area contributed by atoms with Crippen LogP contribution in [0.15, 0.2) is 60.9 Å². The van der Waals surface area contributed by atoms with Crippen LogP contribution in [-0.4, -0.2) is 70.1 Å². The SMILES string of the molecule is Cc1cc(-c2ccc(C(=O)N(C)c3ccc(CN4CCN(C(=O)OC(C)(C)C)[C@@H](C)C4)cc3)cn2)ccn1. The second kappa shape index (κ2) is 11.3. The predicted molar refractivity (Wildman–Crippen MR) is 149 cm³/mol. The van der Waals surface area contributed by atoms with Gasteiger partial charge in [0.05, 0.1) is 11.3 Å².